The molecule has 0 heterocycles. The van der Waals surface area contributed by atoms with Crippen molar-refractivity contribution in [2.24, 2.45) is 17.8 Å². The lowest BCUT2D eigenvalue weighted by Crippen LogP contribution is -2.27. The maximum Gasteiger partial charge on any atom is -0.0365 e. The summed E-state index contributed by atoms with van der Waals surface area (Å²) in [6.07, 6.45) is 2.96. The first-order valence-corrected chi connectivity index (χ1v) is 3.72. The lowest BCUT2D eigenvalue weighted by atomic mass is 9.69. The van der Waals surface area contributed by atoms with Gasteiger partial charge in [-0.05, 0) is 24.2 Å². The standard InChI is InChI=1S/C8H16/c1-6(2)8-5-4-7(8)3/h6-8H,4-5H2,1-3H3/t7-,8+/m0/s1. The Bertz CT molecular complexity index is 69.4. The van der Waals surface area contributed by atoms with Crippen molar-refractivity contribution in [1.29, 1.82) is 0 Å². The summed E-state index contributed by atoms with van der Waals surface area (Å²) in [6.45, 7) is 7.04. The maximum atomic E-state index is 2.37. The van der Waals surface area contributed by atoms with Crippen molar-refractivity contribution in [1.82, 2.24) is 0 Å². The number of hydrogen-bond donors (Lipinski definition) is 0. The van der Waals surface area contributed by atoms with E-state index in [0.717, 1.165) is 17.8 Å². The summed E-state index contributed by atoms with van der Waals surface area (Å²) >= 11 is 0. The quantitative estimate of drug-likeness (QED) is 0.489. The van der Waals surface area contributed by atoms with Crippen LogP contribution in [0.1, 0.15) is 33.6 Å². The normalized spacial score (nSPS) is 37.5. The summed E-state index contributed by atoms with van der Waals surface area (Å²) < 4.78 is 0. The maximum absolute atomic E-state index is 2.37. The van der Waals surface area contributed by atoms with E-state index in [1.54, 1.807) is 0 Å². The molecule has 0 nitrogen and oxygen atoms in total. The minimum absolute atomic E-state index is 0.929. The molecular formula is C8H16. The molecule has 0 unspecified atom stereocenters. The van der Waals surface area contributed by atoms with Gasteiger partial charge in [0, 0.05) is 0 Å². The third-order valence-corrected chi connectivity index (χ3v) is 2.54. The molecule has 48 valence electrons. The molecule has 1 saturated carbocycles. The van der Waals surface area contributed by atoms with Gasteiger partial charge in [-0.25, -0.2) is 0 Å². The average Bonchev–Trinajstić information content (AvgIpc) is 1.61. The lowest BCUT2D eigenvalue weighted by Gasteiger charge is -2.36. The SMILES string of the molecule is CC(C)[C@H]1CC[C@@H]1C. The van der Waals surface area contributed by atoms with E-state index in [0.29, 0.717) is 0 Å². The zero-order valence-electron chi connectivity index (χ0n) is 6.15. The summed E-state index contributed by atoms with van der Waals surface area (Å²) in [7, 11) is 0. The molecule has 0 amide bonds. The van der Waals surface area contributed by atoms with Gasteiger partial charge in [-0.1, -0.05) is 27.2 Å². The third kappa shape index (κ3) is 0.888. The smallest absolute Gasteiger partial charge is 0.0365 e. The Morgan fingerprint density at radius 1 is 1.25 bits per heavy atom. The van der Waals surface area contributed by atoms with Gasteiger partial charge < -0.3 is 0 Å². The first-order valence-electron chi connectivity index (χ1n) is 3.72. The summed E-state index contributed by atoms with van der Waals surface area (Å²) in [5.41, 5.74) is 0. The van der Waals surface area contributed by atoms with Crippen molar-refractivity contribution in [3.05, 3.63) is 0 Å². The molecule has 1 aliphatic rings. The molecule has 2 atom stereocenters. The molecule has 0 aromatic heterocycles. The Hall–Kier alpha value is 0. The van der Waals surface area contributed by atoms with Gasteiger partial charge >= 0.3 is 0 Å². The van der Waals surface area contributed by atoms with E-state index in [2.05, 4.69) is 20.8 Å². The van der Waals surface area contributed by atoms with Crippen LogP contribution in [0.4, 0.5) is 0 Å². The Kier molecular flexibility index (Phi) is 1.59. The minimum atomic E-state index is 0.929. The highest BCUT2D eigenvalue weighted by Crippen LogP contribution is 2.38. The molecule has 1 fully saturated rings. The van der Waals surface area contributed by atoms with E-state index < -0.39 is 0 Å². The van der Waals surface area contributed by atoms with Crippen molar-refractivity contribution in [2.45, 2.75) is 33.6 Å². The second-order valence-electron chi connectivity index (χ2n) is 3.46. The Balaban J connectivity index is 2.26. The monoisotopic (exact) mass is 112 g/mol. The fourth-order valence-electron chi connectivity index (χ4n) is 1.68. The topological polar surface area (TPSA) is 0 Å². The van der Waals surface area contributed by atoms with E-state index in [9.17, 15) is 0 Å². The van der Waals surface area contributed by atoms with Crippen molar-refractivity contribution >= 4 is 0 Å². The predicted molar refractivity (Wildman–Crippen MR) is 36.7 cm³/mol. The van der Waals surface area contributed by atoms with Crippen LogP contribution in [0.15, 0.2) is 0 Å². The van der Waals surface area contributed by atoms with Crippen LogP contribution in [-0.4, -0.2) is 0 Å². The summed E-state index contributed by atoms with van der Waals surface area (Å²) in [5, 5.41) is 0. The van der Waals surface area contributed by atoms with Gasteiger partial charge in [0.1, 0.15) is 0 Å². The van der Waals surface area contributed by atoms with Gasteiger partial charge in [-0.2, -0.15) is 0 Å². The van der Waals surface area contributed by atoms with Gasteiger partial charge in [0.25, 0.3) is 0 Å². The van der Waals surface area contributed by atoms with Crippen molar-refractivity contribution in [2.75, 3.05) is 0 Å². The van der Waals surface area contributed by atoms with E-state index in [4.69, 9.17) is 0 Å². The molecule has 0 heteroatoms. The highest BCUT2D eigenvalue weighted by molar-refractivity contribution is 4.78. The molecule has 1 aliphatic carbocycles. The highest BCUT2D eigenvalue weighted by atomic mass is 14.3. The Morgan fingerprint density at radius 2 is 1.88 bits per heavy atom. The summed E-state index contributed by atoms with van der Waals surface area (Å²) in [5.74, 6) is 3.00. The molecule has 1 rings (SSSR count). The Labute approximate surface area is 52.3 Å². The molecule has 0 aromatic rings. The van der Waals surface area contributed by atoms with E-state index in [1.165, 1.54) is 12.8 Å². The van der Waals surface area contributed by atoms with E-state index >= 15 is 0 Å². The fourth-order valence-corrected chi connectivity index (χ4v) is 1.68. The van der Waals surface area contributed by atoms with Crippen LogP contribution in [0.5, 0.6) is 0 Å². The molecule has 0 bridgehead atoms. The van der Waals surface area contributed by atoms with Crippen LogP contribution in [0, 0.1) is 17.8 Å². The molecule has 8 heavy (non-hydrogen) atoms. The molecule has 0 saturated heterocycles. The Morgan fingerprint density at radius 3 is 1.88 bits per heavy atom. The second kappa shape index (κ2) is 2.08. The fraction of sp³-hybridized carbons (Fsp3) is 1.00. The zero-order valence-corrected chi connectivity index (χ0v) is 6.15. The zero-order chi connectivity index (χ0) is 6.15. The molecule has 0 aromatic carbocycles. The number of hydrogen-bond acceptors (Lipinski definition) is 0. The molecule has 0 N–H and O–H groups in total. The number of rotatable bonds is 1. The first-order chi connectivity index (χ1) is 3.72. The predicted octanol–water partition coefficient (Wildman–Crippen LogP) is 2.69. The first kappa shape index (κ1) is 6.12. The van der Waals surface area contributed by atoms with E-state index in [1.807, 2.05) is 0 Å². The van der Waals surface area contributed by atoms with Gasteiger partial charge in [-0.15, -0.1) is 0 Å². The summed E-state index contributed by atoms with van der Waals surface area (Å²) in [4.78, 5) is 0. The molecule has 0 aliphatic heterocycles. The highest BCUT2D eigenvalue weighted by Gasteiger charge is 2.28. The van der Waals surface area contributed by atoms with Crippen LogP contribution in [0.3, 0.4) is 0 Å². The van der Waals surface area contributed by atoms with Crippen molar-refractivity contribution in [3.63, 3.8) is 0 Å². The van der Waals surface area contributed by atoms with Gasteiger partial charge in [0.2, 0.25) is 0 Å². The molecular weight excluding hydrogens is 96.1 g/mol. The van der Waals surface area contributed by atoms with Crippen molar-refractivity contribution in [3.8, 4) is 0 Å². The van der Waals surface area contributed by atoms with Crippen LogP contribution in [0.25, 0.3) is 0 Å². The van der Waals surface area contributed by atoms with Crippen LogP contribution >= 0.6 is 0 Å². The van der Waals surface area contributed by atoms with E-state index in [-0.39, 0.29) is 0 Å². The van der Waals surface area contributed by atoms with Crippen LogP contribution in [-0.2, 0) is 0 Å². The van der Waals surface area contributed by atoms with Crippen LogP contribution in [0.2, 0.25) is 0 Å². The third-order valence-electron chi connectivity index (χ3n) is 2.54. The second-order valence-corrected chi connectivity index (χ2v) is 3.46. The molecule has 0 spiro atoms. The van der Waals surface area contributed by atoms with Gasteiger partial charge in [0.15, 0.2) is 0 Å². The summed E-state index contributed by atoms with van der Waals surface area (Å²) in [6, 6.07) is 0. The average molecular weight is 112 g/mol. The van der Waals surface area contributed by atoms with Crippen LogP contribution < -0.4 is 0 Å². The van der Waals surface area contributed by atoms with Gasteiger partial charge in [-0.3, -0.25) is 0 Å². The molecule has 0 radical (unpaired) electrons. The largest absolute Gasteiger partial charge is 0.0625 e. The van der Waals surface area contributed by atoms with Crippen molar-refractivity contribution < 1.29 is 0 Å². The van der Waals surface area contributed by atoms with Gasteiger partial charge in [0.05, 0.1) is 0 Å². The minimum Gasteiger partial charge on any atom is -0.0625 e. The lowest BCUT2D eigenvalue weighted by molar-refractivity contribution is 0.139.